The van der Waals surface area contributed by atoms with E-state index in [0.717, 1.165) is 45.6 Å². The first kappa shape index (κ1) is 20.8. The number of nitrogens with one attached hydrogen (secondary N) is 1. The predicted octanol–water partition coefficient (Wildman–Crippen LogP) is 1.17. The number of guanidine groups is 1. The molecule has 0 amide bonds. The highest BCUT2D eigenvalue weighted by Crippen LogP contribution is 2.16. The van der Waals surface area contributed by atoms with E-state index in [9.17, 15) is 0 Å². The lowest BCUT2D eigenvalue weighted by molar-refractivity contribution is 0.0174. The van der Waals surface area contributed by atoms with Crippen molar-refractivity contribution in [2.24, 2.45) is 10.7 Å². The zero-order valence-electron chi connectivity index (χ0n) is 16.1. The average Bonchev–Trinajstić information content (AvgIpc) is 2.70. The molecule has 0 aliphatic carbocycles. The third kappa shape index (κ3) is 5.79. The Balaban J connectivity index is 0.00000210. The van der Waals surface area contributed by atoms with E-state index in [4.69, 9.17) is 5.73 Å². The number of hydrogen-bond donors (Lipinski definition) is 2. The molecule has 0 radical (unpaired) electrons. The zero-order valence-corrected chi connectivity index (χ0v) is 18.4. The molecule has 4 aliphatic heterocycles. The van der Waals surface area contributed by atoms with Gasteiger partial charge in [0.25, 0.3) is 0 Å². The Labute approximate surface area is 180 Å². The van der Waals surface area contributed by atoms with Crippen molar-refractivity contribution in [1.82, 2.24) is 20.0 Å². The molecule has 0 spiro atoms. The van der Waals surface area contributed by atoms with Crippen LogP contribution in [0.3, 0.4) is 0 Å². The molecule has 0 saturated carbocycles. The summed E-state index contributed by atoms with van der Waals surface area (Å²) >= 11 is 0. The van der Waals surface area contributed by atoms with Crippen molar-refractivity contribution in [2.75, 3.05) is 52.4 Å². The molecule has 1 aromatic carbocycles. The summed E-state index contributed by atoms with van der Waals surface area (Å²) in [5.41, 5.74) is 7.57. The number of halogens is 1. The number of likely N-dealkylation sites (tertiary alicyclic amines) is 1. The maximum Gasteiger partial charge on any atom is 0.188 e. The number of nitrogens with two attached hydrogens (primary N) is 1. The Morgan fingerprint density at radius 3 is 2.37 bits per heavy atom. The second kappa shape index (κ2) is 10.0. The highest BCUT2D eigenvalue weighted by atomic mass is 127. The SMILES string of the molecule is I.NC(=NCC1CN2CCN1CC2)NC1CCN(Cc2ccccc2)CC1. The summed E-state index contributed by atoms with van der Waals surface area (Å²) in [4.78, 5) is 12.3. The van der Waals surface area contributed by atoms with Crippen LogP contribution in [0.5, 0.6) is 0 Å². The fourth-order valence-corrected chi connectivity index (χ4v) is 4.43. The summed E-state index contributed by atoms with van der Waals surface area (Å²) in [6.45, 7) is 10.1. The Hall–Kier alpha value is -0.900. The lowest BCUT2D eigenvalue weighted by atomic mass is 10.0. The third-order valence-corrected chi connectivity index (χ3v) is 6.05. The van der Waals surface area contributed by atoms with Crippen molar-refractivity contribution in [2.45, 2.75) is 31.5 Å². The molecule has 0 aromatic heterocycles. The fourth-order valence-electron chi connectivity index (χ4n) is 4.43. The summed E-state index contributed by atoms with van der Waals surface area (Å²) in [7, 11) is 0. The highest BCUT2D eigenvalue weighted by Gasteiger charge is 2.31. The molecule has 1 unspecified atom stereocenters. The van der Waals surface area contributed by atoms with E-state index in [-0.39, 0.29) is 24.0 Å². The second-order valence-electron chi connectivity index (χ2n) is 7.90. The van der Waals surface area contributed by atoms with Gasteiger partial charge in [0.05, 0.1) is 6.54 Å². The molecule has 7 heteroatoms. The van der Waals surface area contributed by atoms with E-state index in [2.05, 4.69) is 55.3 Å². The van der Waals surface area contributed by atoms with Crippen molar-refractivity contribution in [3.8, 4) is 0 Å². The fraction of sp³-hybridized carbons (Fsp3) is 0.650. The largest absolute Gasteiger partial charge is 0.370 e. The van der Waals surface area contributed by atoms with Crippen LogP contribution < -0.4 is 11.1 Å². The van der Waals surface area contributed by atoms with Gasteiger partial charge in [-0.1, -0.05) is 30.3 Å². The van der Waals surface area contributed by atoms with Crippen LogP contribution in [-0.2, 0) is 6.54 Å². The second-order valence-corrected chi connectivity index (χ2v) is 7.90. The van der Waals surface area contributed by atoms with Crippen molar-refractivity contribution in [3.63, 3.8) is 0 Å². The zero-order chi connectivity index (χ0) is 17.8. The third-order valence-electron chi connectivity index (χ3n) is 6.05. The van der Waals surface area contributed by atoms with Crippen LogP contribution in [0.1, 0.15) is 18.4 Å². The van der Waals surface area contributed by atoms with E-state index >= 15 is 0 Å². The minimum absolute atomic E-state index is 0. The Morgan fingerprint density at radius 1 is 1.04 bits per heavy atom. The number of hydrogen-bond acceptors (Lipinski definition) is 4. The lowest BCUT2D eigenvalue weighted by Crippen LogP contribution is -2.62. The Morgan fingerprint density at radius 2 is 1.74 bits per heavy atom. The van der Waals surface area contributed by atoms with Crippen molar-refractivity contribution in [1.29, 1.82) is 0 Å². The van der Waals surface area contributed by atoms with Gasteiger partial charge in [-0.2, -0.15) is 0 Å². The molecule has 150 valence electrons. The van der Waals surface area contributed by atoms with Gasteiger partial charge in [0, 0.05) is 64.4 Å². The van der Waals surface area contributed by atoms with Crippen LogP contribution in [-0.4, -0.2) is 85.1 Å². The van der Waals surface area contributed by atoms with Gasteiger partial charge in [-0.15, -0.1) is 24.0 Å². The van der Waals surface area contributed by atoms with Crippen LogP contribution in [0.15, 0.2) is 35.3 Å². The van der Waals surface area contributed by atoms with Crippen molar-refractivity contribution >= 4 is 29.9 Å². The Bertz CT molecular complexity index is 594. The predicted molar refractivity (Wildman–Crippen MR) is 122 cm³/mol. The summed E-state index contributed by atoms with van der Waals surface area (Å²) < 4.78 is 0. The topological polar surface area (TPSA) is 60.1 Å². The lowest BCUT2D eigenvalue weighted by Gasteiger charge is -2.47. The molecule has 5 rings (SSSR count). The first-order chi connectivity index (χ1) is 12.8. The van der Waals surface area contributed by atoms with E-state index in [1.165, 1.54) is 31.7 Å². The van der Waals surface area contributed by atoms with Crippen molar-refractivity contribution in [3.05, 3.63) is 35.9 Å². The molecule has 4 aliphatic rings. The standard InChI is InChI=1S/C20H32N6.HI/c21-20(22-14-19-16-25-10-12-26(19)13-11-25)23-18-6-8-24(9-7-18)15-17-4-2-1-3-5-17;/h1-5,18-19H,6-16H2,(H3,21,22,23);1H. The van der Waals surface area contributed by atoms with Gasteiger partial charge in [-0.05, 0) is 18.4 Å². The smallest absolute Gasteiger partial charge is 0.188 e. The first-order valence-corrected chi connectivity index (χ1v) is 10.1. The number of nitrogens with zero attached hydrogens (tertiary/aromatic N) is 4. The molecule has 4 fully saturated rings. The molecule has 3 N–H and O–H groups in total. The minimum atomic E-state index is 0. The Kier molecular flexibility index (Phi) is 7.75. The van der Waals surface area contributed by atoms with Crippen molar-refractivity contribution < 1.29 is 0 Å². The molecule has 4 heterocycles. The first-order valence-electron chi connectivity index (χ1n) is 10.1. The normalized spacial score (nSPS) is 29.3. The summed E-state index contributed by atoms with van der Waals surface area (Å²) in [5, 5.41) is 3.46. The van der Waals surface area contributed by atoms with Crippen LogP contribution in [0.4, 0.5) is 0 Å². The molecule has 2 bridgehead atoms. The van der Waals surface area contributed by atoms with Gasteiger partial charge in [0.2, 0.25) is 0 Å². The van der Waals surface area contributed by atoms with Crippen LogP contribution in [0.2, 0.25) is 0 Å². The highest BCUT2D eigenvalue weighted by molar-refractivity contribution is 14.0. The number of fused-ring (bicyclic) bond motifs is 3. The maximum atomic E-state index is 6.17. The molecule has 1 atom stereocenters. The monoisotopic (exact) mass is 484 g/mol. The van der Waals surface area contributed by atoms with Gasteiger partial charge in [-0.3, -0.25) is 19.7 Å². The quantitative estimate of drug-likeness (QED) is 0.374. The molecule has 1 aromatic rings. The van der Waals surface area contributed by atoms with Gasteiger partial charge in [0.1, 0.15) is 0 Å². The van der Waals surface area contributed by atoms with Gasteiger partial charge in [-0.25, -0.2) is 0 Å². The maximum absolute atomic E-state index is 6.17. The van der Waals surface area contributed by atoms with Crippen LogP contribution >= 0.6 is 24.0 Å². The molecular formula is C20H33IN6. The van der Waals surface area contributed by atoms with Crippen LogP contribution in [0, 0.1) is 0 Å². The summed E-state index contributed by atoms with van der Waals surface area (Å²) in [6, 6.07) is 11.7. The van der Waals surface area contributed by atoms with E-state index in [0.29, 0.717) is 18.0 Å². The molecule has 27 heavy (non-hydrogen) atoms. The van der Waals surface area contributed by atoms with Gasteiger partial charge < -0.3 is 11.1 Å². The summed E-state index contributed by atoms with van der Waals surface area (Å²) in [6.07, 6.45) is 2.26. The molecule has 6 nitrogen and oxygen atoms in total. The molecule has 4 saturated heterocycles. The van der Waals surface area contributed by atoms with Gasteiger partial charge in [0.15, 0.2) is 5.96 Å². The number of piperidine rings is 1. The minimum Gasteiger partial charge on any atom is -0.370 e. The van der Waals surface area contributed by atoms with E-state index < -0.39 is 0 Å². The number of rotatable bonds is 5. The number of aliphatic imine (C=N–C) groups is 1. The van der Waals surface area contributed by atoms with E-state index in [1.807, 2.05) is 0 Å². The average molecular weight is 484 g/mol. The summed E-state index contributed by atoms with van der Waals surface area (Å²) in [5.74, 6) is 0.629. The van der Waals surface area contributed by atoms with Crippen LogP contribution in [0.25, 0.3) is 0 Å². The van der Waals surface area contributed by atoms with Gasteiger partial charge >= 0.3 is 0 Å². The van der Waals surface area contributed by atoms with E-state index in [1.54, 1.807) is 0 Å². The molecular weight excluding hydrogens is 451 g/mol. The number of benzene rings is 1. The number of piperazine rings is 3.